The minimum Gasteiger partial charge on any atom is -0.465 e. The Morgan fingerprint density at radius 3 is 2.15 bits per heavy atom. The molecule has 1 spiro atoms. The van der Waals surface area contributed by atoms with Gasteiger partial charge in [0.2, 0.25) is 0 Å². The monoisotopic (exact) mass is 454 g/mol. The Bertz CT molecular complexity index is 910. The van der Waals surface area contributed by atoms with Crippen molar-refractivity contribution in [2.45, 2.75) is 112 Å². The van der Waals surface area contributed by atoms with Crippen LogP contribution in [0.2, 0.25) is 0 Å². The highest BCUT2D eigenvalue weighted by Crippen LogP contribution is 2.78. The molecule has 0 aromatic carbocycles. The molecular formula is C30H46O3. The fraction of sp³-hybridized carbons (Fsp3) is 0.933. The van der Waals surface area contributed by atoms with Gasteiger partial charge in [-0.15, -0.1) is 0 Å². The quantitative estimate of drug-likeness (QED) is 0.371. The summed E-state index contributed by atoms with van der Waals surface area (Å²) >= 11 is 0. The number of rotatable bonds is 0. The third kappa shape index (κ3) is 2.49. The molecule has 184 valence electrons. The Morgan fingerprint density at radius 1 is 0.727 bits per heavy atom. The molecule has 0 N–H and O–H groups in total. The van der Waals surface area contributed by atoms with Crippen molar-refractivity contribution in [2.75, 3.05) is 6.61 Å². The lowest BCUT2D eigenvalue weighted by Crippen LogP contribution is -2.68. The van der Waals surface area contributed by atoms with E-state index < -0.39 is 0 Å². The van der Waals surface area contributed by atoms with E-state index >= 15 is 0 Å². The standard InChI is InChI=1S/C30H46O3/c1-19-20(31)7-8-21-26(19,3)10-9-22-27(21,4)12-13-29(6)23-17-25(2)11-15-30(23,24(32)33-18-25)16-14-28(22,29)5/h19,21-23H,7-18H2,1-6H3. The lowest BCUT2D eigenvalue weighted by Gasteiger charge is -2.74. The van der Waals surface area contributed by atoms with Crippen LogP contribution in [0.1, 0.15) is 112 Å². The first-order valence-corrected chi connectivity index (χ1v) is 14.0. The third-order valence-electron chi connectivity index (χ3n) is 14.1. The summed E-state index contributed by atoms with van der Waals surface area (Å²) in [7, 11) is 0. The predicted molar refractivity (Wildman–Crippen MR) is 129 cm³/mol. The molecule has 2 bridgehead atoms. The van der Waals surface area contributed by atoms with E-state index in [4.69, 9.17) is 4.74 Å². The molecule has 10 unspecified atom stereocenters. The molecule has 2 saturated heterocycles. The van der Waals surface area contributed by atoms with Crippen LogP contribution in [0.5, 0.6) is 0 Å². The van der Waals surface area contributed by atoms with Gasteiger partial charge >= 0.3 is 5.97 Å². The first-order chi connectivity index (χ1) is 15.3. The second-order valence-electron chi connectivity index (χ2n) is 15.0. The number of carbonyl (C=O) groups excluding carboxylic acids is 2. The topological polar surface area (TPSA) is 43.4 Å². The van der Waals surface area contributed by atoms with Crippen LogP contribution >= 0.6 is 0 Å². The molecule has 0 radical (unpaired) electrons. The van der Waals surface area contributed by atoms with Crippen molar-refractivity contribution in [2.24, 2.45) is 56.2 Å². The van der Waals surface area contributed by atoms with Crippen LogP contribution < -0.4 is 0 Å². The third-order valence-corrected chi connectivity index (χ3v) is 14.1. The number of carbonyl (C=O) groups is 2. The van der Waals surface area contributed by atoms with Crippen LogP contribution in [0.25, 0.3) is 0 Å². The second-order valence-corrected chi connectivity index (χ2v) is 15.0. The van der Waals surface area contributed by atoms with Crippen molar-refractivity contribution < 1.29 is 14.3 Å². The number of hydrogen-bond donors (Lipinski definition) is 0. The van der Waals surface area contributed by atoms with E-state index in [1.165, 1.54) is 38.5 Å². The van der Waals surface area contributed by atoms with Crippen molar-refractivity contribution in [3.05, 3.63) is 0 Å². The smallest absolute Gasteiger partial charge is 0.312 e. The van der Waals surface area contributed by atoms with Gasteiger partial charge in [-0.1, -0.05) is 41.5 Å². The lowest BCUT2D eigenvalue weighted by atomic mass is 9.30. The average molecular weight is 455 g/mol. The molecule has 7 aliphatic rings. The van der Waals surface area contributed by atoms with Crippen LogP contribution in [-0.2, 0) is 14.3 Å². The first kappa shape index (κ1) is 22.6. The maximum Gasteiger partial charge on any atom is 0.312 e. The van der Waals surface area contributed by atoms with E-state index in [0.717, 1.165) is 32.1 Å². The number of hydrogen-bond acceptors (Lipinski definition) is 3. The number of fused-ring (bicyclic) bond motifs is 8. The largest absolute Gasteiger partial charge is 0.465 e. The molecule has 0 aromatic rings. The van der Waals surface area contributed by atoms with Crippen LogP contribution in [0.3, 0.4) is 0 Å². The molecule has 33 heavy (non-hydrogen) atoms. The van der Waals surface area contributed by atoms with Crippen molar-refractivity contribution in [1.82, 2.24) is 0 Å². The molecule has 3 heteroatoms. The summed E-state index contributed by atoms with van der Waals surface area (Å²) in [5, 5.41) is 0. The summed E-state index contributed by atoms with van der Waals surface area (Å²) in [5.41, 5.74) is 0.876. The summed E-state index contributed by atoms with van der Waals surface area (Å²) in [4.78, 5) is 26.2. The molecule has 2 heterocycles. The van der Waals surface area contributed by atoms with Gasteiger partial charge in [0.15, 0.2) is 0 Å². The van der Waals surface area contributed by atoms with Gasteiger partial charge in [-0.2, -0.15) is 0 Å². The zero-order chi connectivity index (χ0) is 23.7. The van der Waals surface area contributed by atoms with Crippen molar-refractivity contribution in [3.63, 3.8) is 0 Å². The van der Waals surface area contributed by atoms with Crippen LogP contribution in [-0.4, -0.2) is 18.4 Å². The van der Waals surface area contributed by atoms with Gasteiger partial charge in [-0.3, -0.25) is 9.59 Å². The minimum absolute atomic E-state index is 0.140. The number of ketones is 1. The zero-order valence-corrected chi connectivity index (χ0v) is 22.0. The van der Waals surface area contributed by atoms with Crippen molar-refractivity contribution in [3.8, 4) is 0 Å². The number of Topliss-reactive ketones (excluding diaryl/α,β-unsaturated/α-hetero) is 1. The molecule has 3 nitrogen and oxygen atoms in total. The van der Waals surface area contributed by atoms with Gasteiger partial charge < -0.3 is 4.74 Å². The Hall–Kier alpha value is -0.860. The maximum atomic E-state index is 13.5. The van der Waals surface area contributed by atoms with Crippen LogP contribution in [0.4, 0.5) is 0 Å². The van der Waals surface area contributed by atoms with E-state index in [1.807, 2.05) is 0 Å². The van der Waals surface area contributed by atoms with Crippen molar-refractivity contribution >= 4 is 11.8 Å². The van der Waals surface area contributed by atoms with Crippen LogP contribution in [0.15, 0.2) is 0 Å². The summed E-state index contributed by atoms with van der Waals surface area (Å²) in [6, 6.07) is 0. The molecular weight excluding hydrogens is 408 g/mol. The molecule has 0 aromatic heterocycles. The van der Waals surface area contributed by atoms with E-state index in [9.17, 15) is 9.59 Å². The lowest BCUT2D eigenvalue weighted by molar-refractivity contribution is -0.254. The van der Waals surface area contributed by atoms with Gasteiger partial charge in [0.1, 0.15) is 5.78 Å². The molecule has 5 aliphatic carbocycles. The Kier molecular flexibility index (Phi) is 4.43. The second kappa shape index (κ2) is 6.47. The molecule has 10 atom stereocenters. The normalized spacial score (nSPS) is 60.1. The fourth-order valence-corrected chi connectivity index (χ4v) is 11.6. The highest BCUT2D eigenvalue weighted by molar-refractivity contribution is 5.82. The Labute approximate surface area is 201 Å². The zero-order valence-electron chi connectivity index (χ0n) is 22.0. The van der Waals surface area contributed by atoms with E-state index in [1.54, 1.807) is 0 Å². The minimum atomic E-state index is -0.229. The van der Waals surface area contributed by atoms with E-state index in [0.29, 0.717) is 35.6 Å². The molecule has 5 saturated carbocycles. The average Bonchev–Trinajstić information content (AvgIpc) is 2.96. The maximum absolute atomic E-state index is 13.5. The van der Waals surface area contributed by atoms with Gasteiger partial charge in [0.25, 0.3) is 0 Å². The number of ether oxygens (including phenoxy) is 1. The summed E-state index contributed by atoms with van der Waals surface area (Å²) in [5.74, 6) is 2.66. The highest BCUT2D eigenvalue weighted by atomic mass is 16.5. The Balaban J connectivity index is 1.42. The van der Waals surface area contributed by atoms with Gasteiger partial charge in [0, 0.05) is 17.8 Å². The van der Waals surface area contributed by atoms with E-state index in [2.05, 4.69) is 41.5 Å². The predicted octanol–water partition coefficient (Wildman–Crippen LogP) is 6.97. The first-order valence-electron chi connectivity index (χ1n) is 14.0. The summed E-state index contributed by atoms with van der Waals surface area (Å²) < 4.78 is 5.97. The molecule has 0 amide bonds. The number of esters is 1. The fourth-order valence-electron chi connectivity index (χ4n) is 11.6. The van der Waals surface area contributed by atoms with Gasteiger partial charge in [0.05, 0.1) is 12.0 Å². The highest BCUT2D eigenvalue weighted by Gasteiger charge is 2.73. The molecule has 7 fully saturated rings. The molecule has 2 aliphatic heterocycles. The SMILES string of the molecule is CC1C(=O)CCC2C1(C)CCC1C2(C)CCC2(C)C3CC4(C)CCC3(CCC12C)C(=O)OC4. The van der Waals surface area contributed by atoms with Crippen molar-refractivity contribution in [1.29, 1.82) is 0 Å². The van der Waals surface area contributed by atoms with Gasteiger partial charge in [-0.25, -0.2) is 0 Å². The van der Waals surface area contributed by atoms with E-state index in [-0.39, 0.29) is 39.0 Å². The summed E-state index contributed by atoms with van der Waals surface area (Å²) in [6.07, 6.45) is 12.4. The Morgan fingerprint density at radius 2 is 1.39 bits per heavy atom. The van der Waals surface area contributed by atoms with Crippen LogP contribution in [0, 0.1) is 56.2 Å². The summed E-state index contributed by atoms with van der Waals surface area (Å²) in [6.45, 7) is 15.5. The van der Waals surface area contributed by atoms with Gasteiger partial charge in [-0.05, 0) is 104 Å². The molecule has 7 rings (SSSR count).